The van der Waals surface area contributed by atoms with Crippen LogP contribution in [0.25, 0.3) is 0 Å². The van der Waals surface area contributed by atoms with Crippen molar-refractivity contribution < 1.29 is 9.90 Å². The fourth-order valence-electron chi connectivity index (χ4n) is 1.59. The number of rotatable bonds is 5. The summed E-state index contributed by atoms with van der Waals surface area (Å²) in [5, 5.41) is 8.91. The van der Waals surface area contributed by atoms with Crippen LogP contribution in [0, 0.1) is 0 Å². The summed E-state index contributed by atoms with van der Waals surface area (Å²) < 4.78 is 0. The average Bonchev–Trinajstić information content (AvgIpc) is 2.25. The maximum Gasteiger partial charge on any atom is 0.335 e. The fourth-order valence-corrected chi connectivity index (χ4v) is 1.59. The lowest BCUT2D eigenvalue weighted by atomic mass is 10.2. The van der Waals surface area contributed by atoms with E-state index in [1.54, 1.807) is 12.3 Å². The monoisotopic (exact) mass is 222 g/mol. The molecule has 16 heavy (non-hydrogen) atoms. The van der Waals surface area contributed by atoms with Crippen molar-refractivity contribution in [3.05, 3.63) is 23.9 Å². The van der Waals surface area contributed by atoms with E-state index < -0.39 is 5.97 Å². The van der Waals surface area contributed by atoms with Crippen LogP contribution in [-0.4, -0.2) is 28.6 Å². The Balaban J connectivity index is 3.00. The minimum Gasteiger partial charge on any atom is -0.478 e. The summed E-state index contributed by atoms with van der Waals surface area (Å²) in [5.74, 6) is -0.180. The number of carbonyl (C=O) groups is 1. The Labute approximate surface area is 95.9 Å². The Morgan fingerprint density at radius 1 is 1.56 bits per heavy atom. The fraction of sp³-hybridized carbons (Fsp3) is 0.500. The van der Waals surface area contributed by atoms with Crippen LogP contribution in [0.2, 0.25) is 0 Å². The molecule has 0 amide bonds. The van der Waals surface area contributed by atoms with E-state index in [9.17, 15) is 4.79 Å². The molecule has 0 aliphatic heterocycles. The summed E-state index contributed by atoms with van der Waals surface area (Å²) in [4.78, 5) is 17.2. The molecule has 1 aromatic heterocycles. The first-order chi connectivity index (χ1) is 7.56. The van der Waals surface area contributed by atoms with E-state index >= 15 is 0 Å². The lowest BCUT2D eigenvalue weighted by Gasteiger charge is -2.27. The molecule has 0 saturated heterocycles. The maximum absolute atomic E-state index is 10.9. The molecular weight excluding hydrogens is 204 g/mol. The first kappa shape index (κ1) is 12.5. The molecular formula is C12H18N2O2. The number of carboxylic acids is 1. The van der Waals surface area contributed by atoms with Gasteiger partial charge in [0.2, 0.25) is 0 Å². The van der Waals surface area contributed by atoms with Crippen LogP contribution >= 0.6 is 0 Å². The number of hydrogen-bond donors (Lipinski definition) is 1. The second-order valence-corrected chi connectivity index (χ2v) is 4.00. The van der Waals surface area contributed by atoms with Crippen LogP contribution in [0.4, 0.5) is 5.82 Å². The van der Waals surface area contributed by atoms with Crippen LogP contribution in [0.5, 0.6) is 0 Å². The number of nitrogens with zero attached hydrogens (tertiary/aromatic N) is 2. The number of aromatic nitrogens is 1. The predicted molar refractivity (Wildman–Crippen MR) is 64.0 cm³/mol. The molecule has 0 aliphatic carbocycles. The van der Waals surface area contributed by atoms with Crippen molar-refractivity contribution in [2.24, 2.45) is 0 Å². The summed E-state index contributed by atoms with van der Waals surface area (Å²) in [7, 11) is 0. The van der Waals surface area contributed by atoms with Crippen molar-refractivity contribution in [2.75, 3.05) is 11.4 Å². The van der Waals surface area contributed by atoms with Gasteiger partial charge in [0, 0.05) is 18.8 Å². The second-order valence-electron chi connectivity index (χ2n) is 4.00. The normalized spacial score (nSPS) is 10.5. The molecule has 1 heterocycles. The molecule has 4 heteroatoms. The van der Waals surface area contributed by atoms with Crippen molar-refractivity contribution >= 4 is 11.8 Å². The zero-order chi connectivity index (χ0) is 12.1. The van der Waals surface area contributed by atoms with Crippen LogP contribution < -0.4 is 4.90 Å². The van der Waals surface area contributed by atoms with E-state index in [0.717, 1.165) is 18.8 Å². The maximum atomic E-state index is 10.9. The highest BCUT2D eigenvalue weighted by molar-refractivity contribution is 5.88. The predicted octanol–water partition coefficient (Wildman–Crippen LogP) is 2.40. The Bertz CT molecular complexity index is 364. The van der Waals surface area contributed by atoms with Gasteiger partial charge in [-0.05, 0) is 32.4 Å². The average molecular weight is 222 g/mol. The van der Waals surface area contributed by atoms with Gasteiger partial charge >= 0.3 is 5.97 Å². The number of anilines is 1. The molecule has 1 N–H and O–H groups in total. The Hall–Kier alpha value is -1.58. The summed E-state index contributed by atoms with van der Waals surface area (Å²) >= 11 is 0. The van der Waals surface area contributed by atoms with Crippen LogP contribution in [-0.2, 0) is 0 Å². The highest BCUT2D eigenvalue weighted by atomic mass is 16.4. The van der Waals surface area contributed by atoms with Gasteiger partial charge in [0.05, 0.1) is 5.56 Å². The zero-order valence-corrected chi connectivity index (χ0v) is 9.97. The van der Waals surface area contributed by atoms with Gasteiger partial charge in [-0.15, -0.1) is 0 Å². The van der Waals surface area contributed by atoms with Crippen LogP contribution in [0.1, 0.15) is 37.6 Å². The molecule has 4 nitrogen and oxygen atoms in total. The molecule has 0 atom stereocenters. The summed E-state index contributed by atoms with van der Waals surface area (Å²) in [6.07, 6.45) is 2.56. The van der Waals surface area contributed by atoms with Gasteiger partial charge in [0.1, 0.15) is 5.82 Å². The minimum absolute atomic E-state index is 0.284. The van der Waals surface area contributed by atoms with Crippen LogP contribution in [0.15, 0.2) is 18.3 Å². The molecule has 0 aliphatic rings. The number of pyridine rings is 1. The third-order valence-electron chi connectivity index (χ3n) is 2.37. The molecule has 0 spiro atoms. The van der Waals surface area contributed by atoms with Gasteiger partial charge in [-0.3, -0.25) is 0 Å². The van der Waals surface area contributed by atoms with E-state index in [1.165, 1.54) is 6.07 Å². The minimum atomic E-state index is -0.913. The number of hydrogen-bond acceptors (Lipinski definition) is 3. The lowest BCUT2D eigenvalue weighted by Crippen LogP contribution is -2.32. The number of carboxylic acid groups (broad SMARTS) is 1. The summed E-state index contributed by atoms with van der Waals surface area (Å²) in [6, 6.07) is 3.45. The number of aromatic carboxylic acids is 1. The van der Waals surface area contributed by atoms with E-state index in [4.69, 9.17) is 5.11 Å². The van der Waals surface area contributed by atoms with Gasteiger partial charge in [0.25, 0.3) is 0 Å². The molecule has 88 valence electrons. The van der Waals surface area contributed by atoms with Crippen molar-refractivity contribution in [3.8, 4) is 0 Å². The smallest absolute Gasteiger partial charge is 0.335 e. The van der Waals surface area contributed by atoms with Gasteiger partial charge in [-0.25, -0.2) is 9.78 Å². The van der Waals surface area contributed by atoms with Gasteiger partial charge in [-0.1, -0.05) is 6.92 Å². The molecule has 0 unspecified atom stereocenters. The molecule has 0 fully saturated rings. The SMILES string of the molecule is CCCN(c1cc(C(=O)O)ccn1)C(C)C. The quantitative estimate of drug-likeness (QED) is 0.831. The first-order valence-electron chi connectivity index (χ1n) is 5.52. The van der Waals surface area contributed by atoms with Crippen LogP contribution in [0.3, 0.4) is 0 Å². The topological polar surface area (TPSA) is 53.4 Å². The molecule has 0 aromatic carbocycles. The molecule has 0 radical (unpaired) electrons. The van der Waals surface area contributed by atoms with Crippen molar-refractivity contribution in [1.82, 2.24) is 4.98 Å². The van der Waals surface area contributed by atoms with Gasteiger partial charge in [-0.2, -0.15) is 0 Å². The summed E-state index contributed by atoms with van der Waals surface area (Å²) in [5.41, 5.74) is 0.284. The highest BCUT2D eigenvalue weighted by Gasteiger charge is 2.12. The van der Waals surface area contributed by atoms with Crippen molar-refractivity contribution in [1.29, 1.82) is 0 Å². The van der Waals surface area contributed by atoms with E-state index in [0.29, 0.717) is 6.04 Å². The van der Waals surface area contributed by atoms with Gasteiger partial charge in [0.15, 0.2) is 0 Å². The first-order valence-corrected chi connectivity index (χ1v) is 5.52. The molecule has 0 bridgehead atoms. The van der Waals surface area contributed by atoms with Crippen molar-refractivity contribution in [3.63, 3.8) is 0 Å². The molecule has 0 saturated carbocycles. The van der Waals surface area contributed by atoms with Crippen molar-refractivity contribution in [2.45, 2.75) is 33.2 Å². The van der Waals surface area contributed by atoms with Gasteiger partial charge < -0.3 is 10.0 Å². The Morgan fingerprint density at radius 3 is 2.75 bits per heavy atom. The summed E-state index contributed by atoms with van der Waals surface area (Å²) in [6.45, 7) is 7.12. The Morgan fingerprint density at radius 2 is 2.25 bits per heavy atom. The van der Waals surface area contributed by atoms with E-state index in [1.807, 2.05) is 0 Å². The highest BCUT2D eigenvalue weighted by Crippen LogP contribution is 2.16. The lowest BCUT2D eigenvalue weighted by molar-refractivity contribution is 0.0697. The third kappa shape index (κ3) is 2.95. The Kier molecular flexibility index (Phi) is 4.28. The zero-order valence-electron chi connectivity index (χ0n) is 9.97. The van der Waals surface area contributed by atoms with E-state index in [2.05, 4.69) is 30.7 Å². The molecule has 1 aromatic rings. The third-order valence-corrected chi connectivity index (χ3v) is 2.37. The second kappa shape index (κ2) is 5.49. The standard InChI is InChI=1S/C12H18N2O2/c1-4-7-14(9(2)3)11-8-10(12(15)16)5-6-13-11/h5-6,8-9H,4,7H2,1-3H3,(H,15,16). The van der Waals surface area contributed by atoms with E-state index in [-0.39, 0.29) is 5.56 Å². The molecule has 1 rings (SSSR count). The largest absolute Gasteiger partial charge is 0.478 e.